The Kier molecular flexibility index (Phi) is 4.16. The van der Waals surface area contributed by atoms with Gasteiger partial charge < -0.3 is 14.3 Å². The van der Waals surface area contributed by atoms with E-state index in [4.69, 9.17) is 9.40 Å². The minimum absolute atomic E-state index is 0.123. The van der Waals surface area contributed by atoms with E-state index in [1.165, 1.54) is 18.6 Å². The lowest BCUT2D eigenvalue weighted by Crippen LogP contribution is -2.41. The normalized spacial score (nSPS) is 15.6. The maximum absolute atomic E-state index is 13.4. The van der Waals surface area contributed by atoms with Crippen LogP contribution in [0.4, 0.5) is 0 Å². The van der Waals surface area contributed by atoms with Gasteiger partial charge in [0.1, 0.15) is 11.7 Å². The molecule has 0 unspecified atom stereocenters. The Bertz CT molecular complexity index is 1430. The summed E-state index contributed by atoms with van der Waals surface area (Å²) in [7, 11) is 0. The van der Waals surface area contributed by atoms with Crippen LogP contribution < -0.4 is 0 Å². The van der Waals surface area contributed by atoms with E-state index < -0.39 is 11.9 Å². The molecule has 1 aliphatic rings. The molecule has 1 atom stereocenters. The summed E-state index contributed by atoms with van der Waals surface area (Å²) in [6.45, 7) is 0.414. The maximum Gasteiger partial charge on any atom is 0.312 e. The van der Waals surface area contributed by atoms with Gasteiger partial charge in [-0.15, -0.1) is 10.2 Å². The van der Waals surface area contributed by atoms with Crippen LogP contribution in [0.3, 0.4) is 0 Å². The number of fused-ring (bicyclic) bond motifs is 2. The second-order valence-electron chi connectivity index (χ2n) is 7.21. The van der Waals surface area contributed by atoms with Crippen molar-refractivity contribution < 1.29 is 9.21 Å². The van der Waals surface area contributed by atoms with Crippen LogP contribution in [0.2, 0.25) is 0 Å². The van der Waals surface area contributed by atoms with Gasteiger partial charge in [0, 0.05) is 42.6 Å². The first-order valence-corrected chi connectivity index (χ1v) is 9.92. The van der Waals surface area contributed by atoms with Gasteiger partial charge in [-0.2, -0.15) is 0 Å². The van der Waals surface area contributed by atoms with Crippen LogP contribution in [0.5, 0.6) is 0 Å². The van der Waals surface area contributed by atoms with Gasteiger partial charge in [-0.1, -0.05) is 18.2 Å². The number of carbonyl (C=O) groups excluding carboxylic acids is 1. The molecular formula is C21H15N9O2. The molecule has 11 heteroatoms. The fraction of sp³-hybridized carbons (Fsp3) is 0.143. The Balaban J connectivity index is 1.40. The SMILES string of the molecule is O=C(c1nnc(-c2cnccn2)o1)N1CCc2[nH]cnc2[C@H]1c1ncc2ccccc2n1. The summed E-state index contributed by atoms with van der Waals surface area (Å²) >= 11 is 0. The van der Waals surface area contributed by atoms with Crippen LogP contribution in [0.15, 0.2) is 59.8 Å². The van der Waals surface area contributed by atoms with Crippen LogP contribution in [-0.4, -0.2) is 57.5 Å². The van der Waals surface area contributed by atoms with Gasteiger partial charge in [0.25, 0.3) is 5.89 Å². The predicted octanol–water partition coefficient (Wildman–Crippen LogP) is 1.98. The highest BCUT2D eigenvalue weighted by Crippen LogP contribution is 2.33. The molecule has 1 N–H and O–H groups in total. The average Bonchev–Trinajstić information content (AvgIpc) is 3.53. The molecule has 32 heavy (non-hydrogen) atoms. The topological polar surface area (TPSA) is 139 Å². The van der Waals surface area contributed by atoms with E-state index in [2.05, 4.69) is 35.1 Å². The van der Waals surface area contributed by atoms with Crippen molar-refractivity contribution in [3.05, 3.63) is 78.5 Å². The molecule has 0 saturated carbocycles. The average molecular weight is 425 g/mol. The lowest BCUT2D eigenvalue weighted by atomic mass is 10.0. The van der Waals surface area contributed by atoms with Crippen molar-refractivity contribution in [3.8, 4) is 11.6 Å². The molecule has 0 saturated heterocycles. The fourth-order valence-corrected chi connectivity index (χ4v) is 3.82. The first-order chi connectivity index (χ1) is 15.8. The van der Waals surface area contributed by atoms with E-state index in [1.807, 2.05) is 24.3 Å². The highest BCUT2D eigenvalue weighted by atomic mass is 16.4. The number of hydrogen-bond donors (Lipinski definition) is 1. The Labute approximate surface area is 180 Å². The minimum Gasteiger partial charge on any atom is -0.411 e. The monoisotopic (exact) mass is 425 g/mol. The summed E-state index contributed by atoms with van der Waals surface area (Å²) in [5, 5.41) is 8.81. The lowest BCUT2D eigenvalue weighted by molar-refractivity contribution is 0.0643. The van der Waals surface area contributed by atoms with Gasteiger partial charge >= 0.3 is 11.8 Å². The van der Waals surface area contributed by atoms with Crippen molar-refractivity contribution in [1.29, 1.82) is 0 Å². The standard InChI is InChI=1S/C21H15N9O2/c31-21(20-29-28-19(32-20)15-10-22-6-7-23-15)30-8-5-14-16(26-11-25-14)17(30)18-24-9-12-3-1-2-4-13(12)27-18/h1-4,6-7,9-11,17H,5,8H2,(H,25,26)/t17-/m0/s1. The van der Waals surface area contributed by atoms with E-state index in [1.54, 1.807) is 17.4 Å². The highest BCUT2D eigenvalue weighted by Gasteiger charge is 2.38. The Morgan fingerprint density at radius 2 is 2.03 bits per heavy atom. The van der Waals surface area contributed by atoms with Gasteiger partial charge in [0.05, 0.1) is 23.7 Å². The molecule has 0 spiro atoms. The van der Waals surface area contributed by atoms with Gasteiger partial charge in [0.2, 0.25) is 0 Å². The number of aromatic nitrogens is 8. The third-order valence-electron chi connectivity index (χ3n) is 5.33. The number of rotatable bonds is 3. The number of hydrogen-bond acceptors (Lipinski definition) is 9. The van der Waals surface area contributed by atoms with Crippen molar-refractivity contribution in [2.45, 2.75) is 12.5 Å². The molecule has 6 rings (SSSR count). The number of nitrogens with one attached hydrogen (secondary N) is 1. The zero-order chi connectivity index (χ0) is 21.5. The Hall–Kier alpha value is -4.54. The third-order valence-corrected chi connectivity index (χ3v) is 5.33. The largest absolute Gasteiger partial charge is 0.411 e. The first kappa shape index (κ1) is 18.2. The molecule has 0 bridgehead atoms. The fourth-order valence-electron chi connectivity index (χ4n) is 3.82. The quantitative estimate of drug-likeness (QED) is 0.459. The number of aromatic amines is 1. The molecule has 5 heterocycles. The molecule has 1 aromatic carbocycles. The summed E-state index contributed by atoms with van der Waals surface area (Å²) in [6.07, 6.45) is 8.51. The smallest absolute Gasteiger partial charge is 0.312 e. The van der Waals surface area contributed by atoms with Crippen molar-refractivity contribution in [2.75, 3.05) is 6.54 Å². The molecular weight excluding hydrogens is 410 g/mol. The second-order valence-corrected chi connectivity index (χ2v) is 7.21. The molecule has 1 aliphatic heterocycles. The van der Waals surface area contributed by atoms with Crippen LogP contribution >= 0.6 is 0 Å². The number of carbonyl (C=O) groups is 1. The molecule has 4 aromatic heterocycles. The third kappa shape index (κ3) is 2.98. The summed E-state index contributed by atoms with van der Waals surface area (Å²) in [6, 6.07) is 7.10. The number of benzene rings is 1. The lowest BCUT2D eigenvalue weighted by Gasteiger charge is -2.32. The van der Waals surface area contributed by atoms with Crippen molar-refractivity contribution >= 4 is 16.8 Å². The number of H-pyrrole nitrogens is 1. The summed E-state index contributed by atoms with van der Waals surface area (Å²) in [5.41, 5.74) is 2.83. The number of nitrogens with zero attached hydrogens (tertiary/aromatic N) is 8. The zero-order valence-electron chi connectivity index (χ0n) is 16.6. The van der Waals surface area contributed by atoms with Gasteiger partial charge in [-0.25, -0.2) is 19.9 Å². The molecule has 1 amide bonds. The van der Waals surface area contributed by atoms with Crippen LogP contribution in [-0.2, 0) is 6.42 Å². The van der Waals surface area contributed by atoms with E-state index in [-0.39, 0.29) is 11.8 Å². The van der Waals surface area contributed by atoms with Crippen LogP contribution in [0.25, 0.3) is 22.5 Å². The van der Waals surface area contributed by atoms with Crippen molar-refractivity contribution in [2.24, 2.45) is 0 Å². The molecule has 5 aromatic rings. The van der Waals surface area contributed by atoms with Gasteiger partial charge in [-0.05, 0) is 6.07 Å². The van der Waals surface area contributed by atoms with Crippen molar-refractivity contribution in [1.82, 2.24) is 45.0 Å². The van der Waals surface area contributed by atoms with E-state index >= 15 is 0 Å². The molecule has 156 valence electrons. The molecule has 0 fully saturated rings. The van der Waals surface area contributed by atoms with Gasteiger partial charge in [-0.3, -0.25) is 9.78 Å². The number of amides is 1. The van der Waals surface area contributed by atoms with E-state index in [9.17, 15) is 4.79 Å². The zero-order valence-corrected chi connectivity index (χ0v) is 16.6. The van der Waals surface area contributed by atoms with E-state index in [0.29, 0.717) is 30.2 Å². The Morgan fingerprint density at radius 3 is 2.94 bits per heavy atom. The second kappa shape index (κ2) is 7.30. The van der Waals surface area contributed by atoms with Crippen LogP contribution in [0.1, 0.15) is 33.9 Å². The summed E-state index contributed by atoms with van der Waals surface area (Å²) < 4.78 is 5.62. The molecule has 0 aliphatic carbocycles. The molecule has 11 nitrogen and oxygen atoms in total. The van der Waals surface area contributed by atoms with Gasteiger partial charge in [0.15, 0.2) is 5.82 Å². The summed E-state index contributed by atoms with van der Waals surface area (Å²) in [5.74, 6) is 0.0228. The minimum atomic E-state index is -0.589. The first-order valence-electron chi connectivity index (χ1n) is 9.92. The number of imidazole rings is 1. The Morgan fingerprint density at radius 1 is 1.09 bits per heavy atom. The highest BCUT2D eigenvalue weighted by molar-refractivity contribution is 5.90. The number of para-hydroxylation sites is 1. The van der Waals surface area contributed by atoms with Crippen LogP contribution in [0, 0.1) is 0 Å². The van der Waals surface area contributed by atoms with Crippen molar-refractivity contribution in [3.63, 3.8) is 0 Å². The summed E-state index contributed by atoms with van der Waals surface area (Å²) in [4.78, 5) is 40.0. The predicted molar refractivity (Wildman–Crippen MR) is 110 cm³/mol. The maximum atomic E-state index is 13.4. The molecule has 0 radical (unpaired) electrons. The van der Waals surface area contributed by atoms with E-state index in [0.717, 1.165) is 16.6 Å².